The van der Waals surface area contributed by atoms with Gasteiger partial charge in [0.05, 0.1) is 17.6 Å². The topological polar surface area (TPSA) is 38.1 Å². The Morgan fingerprint density at radius 1 is 1.13 bits per heavy atom. The molecule has 0 saturated carbocycles. The zero-order valence-corrected chi connectivity index (χ0v) is 8.46. The Labute approximate surface area is 88.6 Å². The predicted octanol–water partition coefficient (Wildman–Crippen LogP) is 2.62. The summed E-state index contributed by atoms with van der Waals surface area (Å²) in [7, 11) is 0. The van der Waals surface area contributed by atoms with Crippen LogP contribution >= 0.6 is 0 Å². The van der Waals surface area contributed by atoms with Crippen molar-refractivity contribution in [2.45, 2.75) is 6.92 Å². The number of nitrogens with zero attached hydrogens (tertiary/aromatic N) is 3. The van der Waals surface area contributed by atoms with Gasteiger partial charge < -0.3 is 0 Å². The molecule has 3 nitrogen and oxygen atoms in total. The van der Waals surface area contributed by atoms with Crippen LogP contribution in [-0.2, 0) is 0 Å². The minimum atomic E-state index is 0.807. The van der Waals surface area contributed by atoms with E-state index in [2.05, 4.69) is 15.0 Å². The van der Waals surface area contributed by atoms with E-state index >= 15 is 0 Å². The SMILES string of the molecule is CC(=Nc1ccccc1)c1cnccn1. The van der Waals surface area contributed by atoms with Crippen molar-refractivity contribution in [3.8, 4) is 0 Å². The van der Waals surface area contributed by atoms with E-state index in [1.165, 1.54) is 0 Å². The molecule has 0 saturated heterocycles. The predicted molar refractivity (Wildman–Crippen MR) is 60.3 cm³/mol. The Morgan fingerprint density at radius 2 is 1.93 bits per heavy atom. The quantitative estimate of drug-likeness (QED) is 0.694. The van der Waals surface area contributed by atoms with Gasteiger partial charge in [0.2, 0.25) is 0 Å². The van der Waals surface area contributed by atoms with Crippen molar-refractivity contribution in [3.05, 3.63) is 54.6 Å². The Kier molecular flexibility index (Phi) is 2.83. The Morgan fingerprint density at radius 3 is 2.60 bits per heavy atom. The summed E-state index contributed by atoms with van der Waals surface area (Å²) in [5.74, 6) is 0. The van der Waals surface area contributed by atoms with Gasteiger partial charge >= 0.3 is 0 Å². The van der Waals surface area contributed by atoms with Gasteiger partial charge in [0, 0.05) is 12.4 Å². The van der Waals surface area contributed by atoms with Gasteiger partial charge in [0.1, 0.15) is 5.69 Å². The molecule has 0 amide bonds. The van der Waals surface area contributed by atoms with Crippen molar-refractivity contribution in [2.24, 2.45) is 4.99 Å². The molecular weight excluding hydrogens is 186 g/mol. The van der Waals surface area contributed by atoms with E-state index < -0.39 is 0 Å². The highest BCUT2D eigenvalue weighted by molar-refractivity contribution is 5.98. The summed E-state index contributed by atoms with van der Waals surface area (Å²) >= 11 is 0. The van der Waals surface area contributed by atoms with Crippen LogP contribution < -0.4 is 0 Å². The third-order valence-corrected chi connectivity index (χ3v) is 1.99. The molecule has 2 aromatic rings. The first-order valence-corrected chi connectivity index (χ1v) is 4.73. The Hall–Kier alpha value is -2.03. The molecule has 1 aromatic carbocycles. The molecule has 0 aliphatic carbocycles. The molecule has 1 aromatic heterocycles. The maximum atomic E-state index is 4.44. The fraction of sp³-hybridized carbons (Fsp3) is 0.0833. The molecule has 1 heterocycles. The molecule has 74 valence electrons. The van der Waals surface area contributed by atoms with E-state index in [4.69, 9.17) is 0 Å². The second-order valence-electron chi connectivity index (χ2n) is 3.12. The fourth-order valence-corrected chi connectivity index (χ4v) is 1.24. The van der Waals surface area contributed by atoms with Gasteiger partial charge in [-0.25, -0.2) is 0 Å². The molecule has 2 rings (SSSR count). The standard InChI is InChI=1S/C12H11N3/c1-10(12-9-13-7-8-14-12)15-11-5-3-2-4-6-11/h2-9H,1H3. The van der Waals surface area contributed by atoms with Crippen LogP contribution in [0, 0.1) is 0 Å². The average molecular weight is 197 g/mol. The van der Waals surface area contributed by atoms with Crippen LogP contribution in [-0.4, -0.2) is 15.7 Å². The molecular formula is C12H11N3. The van der Waals surface area contributed by atoms with Crippen molar-refractivity contribution in [1.29, 1.82) is 0 Å². The Bertz CT molecular complexity index is 449. The molecule has 3 heteroatoms. The summed E-state index contributed by atoms with van der Waals surface area (Å²) in [5.41, 5.74) is 2.61. The molecule has 0 unspecified atom stereocenters. The first-order valence-electron chi connectivity index (χ1n) is 4.73. The summed E-state index contributed by atoms with van der Waals surface area (Å²) < 4.78 is 0. The molecule has 0 aliphatic rings. The molecule has 0 fully saturated rings. The summed E-state index contributed by atoms with van der Waals surface area (Å²) in [6.07, 6.45) is 5.03. The monoisotopic (exact) mass is 197 g/mol. The summed E-state index contributed by atoms with van der Waals surface area (Å²) in [6, 6.07) is 9.81. The van der Waals surface area contributed by atoms with Crippen LogP contribution in [0.5, 0.6) is 0 Å². The van der Waals surface area contributed by atoms with Crippen LogP contribution in [0.4, 0.5) is 5.69 Å². The van der Waals surface area contributed by atoms with E-state index in [0.29, 0.717) is 0 Å². The summed E-state index contributed by atoms with van der Waals surface area (Å²) in [6.45, 7) is 1.93. The molecule has 0 aliphatic heterocycles. The molecule has 0 spiro atoms. The smallest absolute Gasteiger partial charge is 0.102 e. The molecule has 0 N–H and O–H groups in total. The van der Waals surface area contributed by atoms with Gasteiger partial charge in [-0.05, 0) is 19.1 Å². The second-order valence-corrected chi connectivity index (χ2v) is 3.12. The van der Waals surface area contributed by atoms with Crippen molar-refractivity contribution in [3.63, 3.8) is 0 Å². The minimum absolute atomic E-state index is 0.807. The lowest BCUT2D eigenvalue weighted by Crippen LogP contribution is -1.97. The number of aromatic nitrogens is 2. The first kappa shape index (κ1) is 9.52. The lowest BCUT2D eigenvalue weighted by molar-refractivity contribution is 1.17. The zero-order chi connectivity index (χ0) is 10.5. The van der Waals surface area contributed by atoms with Crippen LogP contribution in [0.25, 0.3) is 0 Å². The second kappa shape index (κ2) is 4.46. The summed E-state index contributed by atoms with van der Waals surface area (Å²) in [4.78, 5) is 12.6. The van der Waals surface area contributed by atoms with Gasteiger partial charge in [-0.2, -0.15) is 0 Å². The van der Waals surface area contributed by atoms with Gasteiger partial charge in [0.15, 0.2) is 0 Å². The number of para-hydroxylation sites is 1. The number of hydrogen-bond donors (Lipinski definition) is 0. The largest absolute Gasteiger partial charge is 0.261 e. The van der Waals surface area contributed by atoms with Gasteiger partial charge in [-0.1, -0.05) is 18.2 Å². The highest BCUT2D eigenvalue weighted by Crippen LogP contribution is 2.11. The normalized spacial score (nSPS) is 11.4. The third-order valence-electron chi connectivity index (χ3n) is 1.99. The van der Waals surface area contributed by atoms with E-state index in [1.807, 2.05) is 37.3 Å². The highest BCUT2D eigenvalue weighted by atomic mass is 14.8. The fourth-order valence-electron chi connectivity index (χ4n) is 1.24. The van der Waals surface area contributed by atoms with Crippen molar-refractivity contribution in [2.75, 3.05) is 0 Å². The first-order chi connectivity index (χ1) is 7.36. The number of rotatable bonds is 2. The lowest BCUT2D eigenvalue weighted by Gasteiger charge is -1.98. The number of benzene rings is 1. The van der Waals surface area contributed by atoms with E-state index in [9.17, 15) is 0 Å². The molecule has 0 atom stereocenters. The molecule has 0 bridgehead atoms. The van der Waals surface area contributed by atoms with Gasteiger partial charge in [0.25, 0.3) is 0 Å². The zero-order valence-electron chi connectivity index (χ0n) is 8.46. The molecule has 15 heavy (non-hydrogen) atoms. The maximum Gasteiger partial charge on any atom is 0.102 e. The Balaban J connectivity index is 2.29. The van der Waals surface area contributed by atoms with E-state index in [1.54, 1.807) is 18.6 Å². The number of aliphatic imine (C=N–C) groups is 1. The third kappa shape index (κ3) is 2.47. The van der Waals surface area contributed by atoms with E-state index in [-0.39, 0.29) is 0 Å². The van der Waals surface area contributed by atoms with E-state index in [0.717, 1.165) is 17.1 Å². The number of hydrogen-bond acceptors (Lipinski definition) is 3. The lowest BCUT2D eigenvalue weighted by atomic mass is 10.3. The van der Waals surface area contributed by atoms with Gasteiger partial charge in [-0.15, -0.1) is 0 Å². The van der Waals surface area contributed by atoms with Crippen molar-refractivity contribution >= 4 is 11.4 Å². The van der Waals surface area contributed by atoms with Crippen LogP contribution in [0.3, 0.4) is 0 Å². The molecule has 0 radical (unpaired) electrons. The summed E-state index contributed by atoms with van der Waals surface area (Å²) in [5, 5.41) is 0. The maximum absolute atomic E-state index is 4.44. The van der Waals surface area contributed by atoms with Crippen molar-refractivity contribution < 1.29 is 0 Å². The van der Waals surface area contributed by atoms with Crippen LogP contribution in [0.2, 0.25) is 0 Å². The minimum Gasteiger partial charge on any atom is -0.261 e. The van der Waals surface area contributed by atoms with Crippen molar-refractivity contribution in [1.82, 2.24) is 9.97 Å². The van der Waals surface area contributed by atoms with Crippen LogP contribution in [0.15, 0.2) is 53.9 Å². The highest BCUT2D eigenvalue weighted by Gasteiger charge is 1.97. The van der Waals surface area contributed by atoms with Gasteiger partial charge in [-0.3, -0.25) is 15.0 Å². The van der Waals surface area contributed by atoms with Crippen LogP contribution in [0.1, 0.15) is 12.6 Å². The average Bonchev–Trinajstić information content (AvgIpc) is 2.31.